The molecule has 6 heteroatoms. The third kappa shape index (κ3) is 3.47. The van der Waals surface area contributed by atoms with E-state index in [9.17, 15) is 4.79 Å². The molecule has 1 amide bonds. The molecule has 0 aliphatic carbocycles. The molecule has 1 N–H and O–H groups in total. The van der Waals surface area contributed by atoms with Gasteiger partial charge >= 0.3 is 0 Å². The molecule has 1 atom stereocenters. The fourth-order valence-corrected chi connectivity index (χ4v) is 3.37. The summed E-state index contributed by atoms with van der Waals surface area (Å²) >= 11 is 0. The number of carbonyl (C=O) groups excluding carboxylic acids is 1. The molecular weight excluding hydrogens is 314 g/mol. The van der Waals surface area contributed by atoms with Gasteiger partial charge in [-0.1, -0.05) is 24.3 Å². The highest BCUT2D eigenvalue weighted by atomic mass is 16.1. The number of fused-ring (bicyclic) bond motifs is 1. The first-order valence-electron chi connectivity index (χ1n) is 8.62. The van der Waals surface area contributed by atoms with Crippen molar-refractivity contribution in [1.82, 2.24) is 24.9 Å². The van der Waals surface area contributed by atoms with Crippen molar-refractivity contribution in [3.8, 4) is 0 Å². The van der Waals surface area contributed by atoms with Crippen LogP contribution in [-0.2, 0) is 30.8 Å². The molecule has 0 saturated heterocycles. The molecule has 6 nitrogen and oxygen atoms in total. The molecule has 128 valence electrons. The van der Waals surface area contributed by atoms with Crippen LogP contribution in [-0.4, -0.2) is 25.5 Å². The molecule has 0 radical (unpaired) electrons. The van der Waals surface area contributed by atoms with Crippen molar-refractivity contribution in [1.29, 1.82) is 0 Å². The fourth-order valence-electron chi connectivity index (χ4n) is 3.37. The third-order valence-electron chi connectivity index (χ3n) is 4.78. The second-order valence-electron chi connectivity index (χ2n) is 6.43. The number of nitrogens with zero attached hydrogens (tertiary/aromatic N) is 4. The standard InChI is InChI=1S/C19H21N5O/c25-19(15-7-11-24-18(12-15)6-9-22-24)20-13-16-4-1-2-5-17(16)14-23-10-3-8-21-23/h1-6,8-10,15H,7,11-14H2,(H,20,25). The zero-order chi connectivity index (χ0) is 17.1. The minimum atomic E-state index is 0.0301. The van der Waals surface area contributed by atoms with Gasteiger partial charge in [-0.25, -0.2) is 0 Å². The predicted molar refractivity (Wildman–Crippen MR) is 93.7 cm³/mol. The van der Waals surface area contributed by atoms with E-state index >= 15 is 0 Å². The van der Waals surface area contributed by atoms with Crippen molar-refractivity contribution < 1.29 is 4.79 Å². The summed E-state index contributed by atoms with van der Waals surface area (Å²) in [6.07, 6.45) is 7.13. The van der Waals surface area contributed by atoms with Crippen LogP contribution in [0.3, 0.4) is 0 Å². The van der Waals surface area contributed by atoms with E-state index in [0.717, 1.165) is 30.6 Å². The quantitative estimate of drug-likeness (QED) is 0.776. The molecule has 4 rings (SSSR count). The normalized spacial score (nSPS) is 16.4. The zero-order valence-electron chi connectivity index (χ0n) is 14.0. The highest BCUT2D eigenvalue weighted by Gasteiger charge is 2.24. The minimum Gasteiger partial charge on any atom is -0.352 e. The minimum absolute atomic E-state index is 0.0301. The van der Waals surface area contributed by atoms with Gasteiger partial charge in [0.2, 0.25) is 5.91 Å². The SMILES string of the molecule is O=C(NCc1ccccc1Cn1cccn1)C1CCn2nccc2C1. The Morgan fingerprint density at radius 3 is 2.84 bits per heavy atom. The molecule has 3 heterocycles. The lowest BCUT2D eigenvalue weighted by Crippen LogP contribution is -2.35. The summed E-state index contributed by atoms with van der Waals surface area (Å²) in [5, 5.41) is 11.6. The molecule has 1 aliphatic rings. The van der Waals surface area contributed by atoms with Gasteiger partial charge in [0.25, 0.3) is 0 Å². The summed E-state index contributed by atoms with van der Waals surface area (Å²) in [6, 6.07) is 12.1. The lowest BCUT2D eigenvalue weighted by atomic mass is 9.95. The Morgan fingerprint density at radius 2 is 2.00 bits per heavy atom. The predicted octanol–water partition coefficient (Wildman–Crippen LogP) is 2.01. The highest BCUT2D eigenvalue weighted by molar-refractivity contribution is 5.79. The van der Waals surface area contributed by atoms with Crippen molar-refractivity contribution >= 4 is 5.91 Å². The number of aromatic nitrogens is 4. The van der Waals surface area contributed by atoms with E-state index in [1.54, 1.807) is 12.4 Å². The van der Waals surface area contributed by atoms with Crippen LogP contribution in [0, 0.1) is 5.92 Å². The van der Waals surface area contributed by atoms with Gasteiger partial charge in [-0.05, 0) is 29.7 Å². The van der Waals surface area contributed by atoms with E-state index in [0.29, 0.717) is 13.1 Å². The molecule has 0 spiro atoms. The van der Waals surface area contributed by atoms with E-state index in [1.807, 2.05) is 39.8 Å². The van der Waals surface area contributed by atoms with Crippen LogP contribution in [0.2, 0.25) is 0 Å². The maximum atomic E-state index is 12.6. The molecule has 1 unspecified atom stereocenters. The number of benzene rings is 1. The molecule has 0 saturated carbocycles. The molecule has 2 aromatic heterocycles. The van der Waals surface area contributed by atoms with Crippen molar-refractivity contribution in [2.24, 2.45) is 5.92 Å². The maximum Gasteiger partial charge on any atom is 0.223 e. The maximum absolute atomic E-state index is 12.6. The second-order valence-corrected chi connectivity index (χ2v) is 6.43. The van der Waals surface area contributed by atoms with Crippen molar-refractivity contribution in [3.63, 3.8) is 0 Å². The Kier molecular flexibility index (Phi) is 4.33. The summed E-state index contributed by atoms with van der Waals surface area (Å²) in [5.74, 6) is 0.156. The van der Waals surface area contributed by atoms with Crippen LogP contribution in [0.5, 0.6) is 0 Å². The molecule has 3 aromatic rings. The Morgan fingerprint density at radius 1 is 1.12 bits per heavy atom. The largest absolute Gasteiger partial charge is 0.352 e. The number of nitrogens with one attached hydrogen (secondary N) is 1. The van der Waals surface area contributed by atoms with Gasteiger partial charge in [0.1, 0.15) is 0 Å². The van der Waals surface area contributed by atoms with Gasteiger partial charge in [0.05, 0.1) is 6.54 Å². The van der Waals surface area contributed by atoms with Gasteiger partial charge in [-0.15, -0.1) is 0 Å². The van der Waals surface area contributed by atoms with Crippen molar-refractivity contribution in [2.75, 3.05) is 0 Å². The monoisotopic (exact) mass is 335 g/mol. The van der Waals surface area contributed by atoms with Crippen LogP contribution in [0.4, 0.5) is 0 Å². The molecule has 1 aliphatic heterocycles. The lowest BCUT2D eigenvalue weighted by molar-refractivity contribution is -0.125. The molecule has 1 aromatic carbocycles. The van der Waals surface area contributed by atoms with E-state index in [1.165, 1.54) is 5.56 Å². The number of carbonyl (C=O) groups is 1. The first-order valence-corrected chi connectivity index (χ1v) is 8.62. The first kappa shape index (κ1) is 15.6. The lowest BCUT2D eigenvalue weighted by Gasteiger charge is -2.22. The number of aryl methyl sites for hydroxylation is 1. The van der Waals surface area contributed by atoms with Crippen molar-refractivity contribution in [3.05, 3.63) is 71.8 Å². The van der Waals surface area contributed by atoms with Crippen LogP contribution in [0.25, 0.3) is 0 Å². The Balaban J connectivity index is 1.39. The smallest absolute Gasteiger partial charge is 0.223 e. The van der Waals surface area contributed by atoms with Crippen LogP contribution in [0.15, 0.2) is 55.0 Å². The Hall–Kier alpha value is -2.89. The average molecular weight is 335 g/mol. The van der Waals surface area contributed by atoms with Crippen LogP contribution in [0.1, 0.15) is 23.2 Å². The van der Waals surface area contributed by atoms with E-state index < -0.39 is 0 Å². The molecule has 0 bridgehead atoms. The second kappa shape index (κ2) is 6.93. The van der Waals surface area contributed by atoms with Gasteiger partial charge in [-0.3, -0.25) is 14.2 Å². The van der Waals surface area contributed by atoms with Crippen LogP contribution < -0.4 is 5.32 Å². The topological polar surface area (TPSA) is 64.7 Å². The molecular formula is C19H21N5O. The fraction of sp³-hybridized carbons (Fsp3) is 0.316. The van der Waals surface area contributed by atoms with Gasteiger partial charge in [0.15, 0.2) is 0 Å². The summed E-state index contributed by atoms with van der Waals surface area (Å²) in [5.41, 5.74) is 3.45. The summed E-state index contributed by atoms with van der Waals surface area (Å²) in [4.78, 5) is 12.6. The van der Waals surface area contributed by atoms with E-state index in [2.05, 4.69) is 27.6 Å². The van der Waals surface area contributed by atoms with Gasteiger partial charge in [-0.2, -0.15) is 10.2 Å². The summed E-state index contributed by atoms with van der Waals surface area (Å²) in [6.45, 7) is 2.07. The van der Waals surface area contributed by atoms with E-state index in [4.69, 9.17) is 0 Å². The summed E-state index contributed by atoms with van der Waals surface area (Å²) in [7, 11) is 0. The van der Waals surface area contributed by atoms with E-state index in [-0.39, 0.29) is 11.8 Å². The number of hydrogen-bond donors (Lipinski definition) is 1. The van der Waals surface area contributed by atoms with Gasteiger partial charge in [0, 0.05) is 49.7 Å². The zero-order valence-corrected chi connectivity index (χ0v) is 14.0. The first-order chi connectivity index (χ1) is 12.3. The highest BCUT2D eigenvalue weighted by Crippen LogP contribution is 2.20. The molecule has 0 fully saturated rings. The molecule has 25 heavy (non-hydrogen) atoms. The van der Waals surface area contributed by atoms with Gasteiger partial charge < -0.3 is 5.32 Å². The Labute approximate surface area is 146 Å². The number of hydrogen-bond acceptors (Lipinski definition) is 3. The van der Waals surface area contributed by atoms with Crippen LogP contribution >= 0.6 is 0 Å². The average Bonchev–Trinajstić information content (AvgIpc) is 3.31. The Bertz CT molecular complexity index is 852. The van der Waals surface area contributed by atoms with Crippen molar-refractivity contribution in [2.45, 2.75) is 32.5 Å². The number of amides is 1. The number of rotatable bonds is 5. The third-order valence-corrected chi connectivity index (χ3v) is 4.78. The summed E-state index contributed by atoms with van der Waals surface area (Å²) < 4.78 is 3.88.